The van der Waals surface area contributed by atoms with Gasteiger partial charge in [-0.25, -0.2) is 9.48 Å². The molecule has 2 aromatic carbocycles. The second-order valence-corrected chi connectivity index (χ2v) is 8.06. The molecule has 0 amide bonds. The molecule has 150 valence electrons. The van der Waals surface area contributed by atoms with E-state index in [0.29, 0.717) is 16.3 Å². The van der Waals surface area contributed by atoms with Crippen LogP contribution in [0.15, 0.2) is 53.3 Å². The van der Waals surface area contributed by atoms with Gasteiger partial charge in [-0.05, 0) is 24.0 Å². The average Bonchev–Trinajstić information content (AvgIpc) is 2.69. The van der Waals surface area contributed by atoms with Gasteiger partial charge in [0.15, 0.2) is 11.8 Å². The topological polar surface area (TPSA) is 78.3 Å². The van der Waals surface area contributed by atoms with Gasteiger partial charge in [-0.15, -0.1) is 0 Å². The maximum Gasteiger partial charge on any atom is 0.360 e. The Morgan fingerprint density at radius 1 is 1.00 bits per heavy atom. The van der Waals surface area contributed by atoms with Gasteiger partial charge < -0.3 is 4.74 Å². The smallest absolute Gasteiger partial charge is 0.360 e. The summed E-state index contributed by atoms with van der Waals surface area (Å²) in [7, 11) is 1.47. The SMILES string of the molecule is CC(OC(=O)c1nn(C)c(=O)c2ccccc12)C(=O)c1ccc(C(C)(C)C)cc1. The number of aryl methyl sites for hydroxylation is 1. The second kappa shape index (κ2) is 7.62. The first-order valence-electron chi connectivity index (χ1n) is 9.41. The van der Waals surface area contributed by atoms with Crippen LogP contribution in [-0.2, 0) is 17.2 Å². The molecule has 0 fully saturated rings. The Balaban J connectivity index is 1.84. The number of carbonyl (C=O) groups is 2. The van der Waals surface area contributed by atoms with Crippen molar-refractivity contribution in [3.05, 3.63) is 75.7 Å². The molecule has 0 aliphatic heterocycles. The van der Waals surface area contributed by atoms with Gasteiger partial charge >= 0.3 is 5.97 Å². The molecule has 0 saturated heterocycles. The fourth-order valence-corrected chi connectivity index (χ4v) is 3.09. The summed E-state index contributed by atoms with van der Waals surface area (Å²) in [6, 6.07) is 14.0. The molecule has 1 aromatic heterocycles. The Bertz CT molecular complexity index is 1140. The van der Waals surface area contributed by atoms with E-state index in [-0.39, 0.29) is 22.5 Å². The third kappa shape index (κ3) is 4.11. The molecule has 1 heterocycles. The predicted octanol–water partition coefficient (Wildman–Crippen LogP) is 3.66. The zero-order chi connectivity index (χ0) is 21.3. The quantitative estimate of drug-likeness (QED) is 0.500. The van der Waals surface area contributed by atoms with Crippen LogP contribution >= 0.6 is 0 Å². The van der Waals surface area contributed by atoms with Crippen LogP contribution in [0.3, 0.4) is 0 Å². The van der Waals surface area contributed by atoms with Gasteiger partial charge in [-0.3, -0.25) is 9.59 Å². The fraction of sp³-hybridized carbons (Fsp3) is 0.304. The molecule has 1 atom stereocenters. The van der Waals surface area contributed by atoms with Gasteiger partial charge in [-0.1, -0.05) is 63.2 Å². The molecule has 0 saturated carbocycles. The zero-order valence-corrected chi connectivity index (χ0v) is 17.2. The number of hydrogen-bond donors (Lipinski definition) is 0. The summed E-state index contributed by atoms with van der Waals surface area (Å²) in [4.78, 5) is 37.6. The summed E-state index contributed by atoms with van der Waals surface area (Å²) >= 11 is 0. The summed E-state index contributed by atoms with van der Waals surface area (Å²) in [5, 5.41) is 4.81. The summed E-state index contributed by atoms with van der Waals surface area (Å²) in [5.74, 6) is -1.04. The monoisotopic (exact) mass is 392 g/mol. The Kier molecular flexibility index (Phi) is 5.38. The normalized spacial score (nSPS) is 12.6. The van der Waals surface area contributed by atoms with Crippen LogP contribution in [0.2, 0.25) is 0 Å². The number of Topliss-reactive ketones (excluding diaryl/α,β-unsaturated/α-hetero) is 1. The lowest BCUT2D eigenvalue weighted by Crippen LogP contribution is -2.28. The summed E-state index contributed by atoms with van der Waals surface area (Å²) in [6.07, 6.45) is -0.985. The third-order valence-corrected chi connectivity index (χ3v) is 4.84. The highest BCUT2D eigenvalue weighted by Crippen LogP contribution is 2.23. The molecule has 0 spiro atoms. The molecule has 0 N–H and O–H groups in total. The maximum atomic E-state index is 12.7. The summed E-state index contributed by atoms with van der Waals surface area (Å²) < 4.78 is 6.48. The second-order valence-electron chi connectivity index (χ2n) is 8.06. The summed E-state index contributed by atoms with van der Waals surface area (Å²) in [6.45, 7) is 7.82. The van der Waals surface area contributed by atoms with E-state index in [9.17, 15) is 14.4 Å². The first kappa shape index (κ1) is 20.5. The number of rotatable bonds is 4. The molecule has 6 heteroatoms. The van der Waals surface area contributed by atoms with Gasteiger partial charge in [0.25, 0.3) is 5.56 Å². The van der Waals surface area contributed by atoms with Gasteiger partial charge in [0.1, 0.15) is 0 Å². The molecule has 0 aliphatic rings. The van der Waals surface area contributed by atoms with Crippen molar-refractivity contribution in [2.45, 2.75) is 39.2 Å². The highest BCUT2D eigenvalue weighted by Gasteiger charge is 2.24. The number of benzene rings is 2. The van der Waals surface area contributed by atoms with E-state index in [4.69, 9.17) is 4.74 Å². The number of aromatic nitrogens is 2. The highest BCUT2D eigenvalue weighted by atomic mass is 16.5. The third-order valence-electron chi connectivity index (χ3n) is 4.84. The number of esters is 1. The van der Waals surface area contributed by atoms with Crippen LogP contribution in [0, 0.1) is 0 Å². The standard InChI is InChI=1S/C23H24N2O4/c1-14(20(26)15-10-12-16(13-11-15)23(2,3)4)29-22(28)19-17-8-6-7-9-18(17)21(27)25(5)24-19/h6-14H,1-5H3. The molecule has 3 aromatic rings. The number of hydrogen-bond acceptors (Lipinski definition) is 5. The number of ether oxygens (including phenoxy) is 1. The lowest BCUT2D eigenvalue weighted by atomic mass is 9.86. The van der Waals surface area contributed by atoms with E-state index in [1.807, 2.05) is 12.1 Å². The van der Waals surface area contributed by atoms with Gasteiger partial charge in [-0.2, -0.15) is 5.10 Å². The predicted molar refractivity (Wildman–Crippen MR) is 111 cm³/mol. The fourth-order valence-electron chi connectivity index (χ4n) is 3.09. The lowest BCUT2D eigenvalue weighted by molar-refractivity contribution is 0.0313. The zero-order valence-electron chi connectivity index (χ0n) is 17.2. The van der Waals surface area contributed by atoms with Crippen molar-refractivity contribution >= 4 is 22.5 Å². The van der Waals surface area contributed by atoms with Crippen molar-refractivity contribution in [3.63, 3.8) is 0 Å². The highest BCUT2D eigenvalue weighted by molar-refractivity contribution is 6.05. The average molecular weight is 392 g/mol. The Morgan fingerprint density at radius 3 is 2.17 bits per heavy atom. The minimum Gasteiger partial charge on any atom is -0.449 e. The van der Waals surface area contributed by atoms with E-state index in [2.05, 4.69) is 25.9 Å². The number of fused-ring (bicyclic) bond motifs is 1. The number of carbonyl (C=O) groups excluding carboxylic acids is 2. The molecule has 0 aliphatic carbocycles. The molecule has 0 bridgehead atoms. The molecule has 6 nitrogen and oxygen atoms in total. The van der Waals surface area contributed by atoms with Gasteiger partial charge in [0.2, 0.25) is 5.78 Å². The lowest BCUT2D eigenvalue weighted by Gasteiger charge is -2.19. The number of ketones is 1. The Hall–Kier alpha value is -3.28. The van der Waals surface area contributed by atoms with E-state index in [1.54, 1.807) is 36.4 Å². The van der Waals surface area contributed by atoms with Crippen LogP contribution in [0.4, 0.5) is 0 Å². The van der Waals surface area contributed by atoms with Crippen LogP contribution in [0.25, 0.3) is 10.8 Å². The molecule has 29 heavy (non-hydrogen) atoms. The Labute approximate surface area is 169 Å². The minimum absolute atomic E-state index is 0.00503. The molecule has 1 unspecified atom stereocenters. The van der Waals surface area contributed by atoms with Crippen molar-refractivity contribution in [2.75, 3.05) is 0 Å². The van der Waals surface area contributed by atoms with Crippen LogP contribution < -0.4 is 5.56 Å². The summed E-state index contributed by atoms with van der Waals surface area (Å²) in [5.41, 5.74) is 1.26. The van der Waals surface area contributed by atoms with Crippen LogP contribution in [-0.4, -0.2) is 27.6 Å². The molecule has 0 radical (unpaired) electrons. The van der Waals surface area contributed by atoms with E-state index >= 15 is 0 Å². The molecular weight excluding hydrogens is 368 g/mol. The van der Waals surface area contributed by atoms with Crippen LogP contribution in [0.1, 0.15) is 54.1 Å². The minimum atomic E-state index is -0.985. The number of nitrogens with zero attached hydrogens (tertiary/aromatic N) is 2. The largest absolute Gasteiger partial charge is 0.449 e. The molecular formula is C23H24N2O4. The molecule has 3 rings (SSSR count). The van der Waals surface area contributed by atoms with Crippen LogP contribution in [0.5, 0.6) is 0 Å². The van der Waals surface area contributed by atoms with Gasteiger partial charge in [0.05, 0.1) is 5.39 Å². The van der Waals surface area contributed by atoms with Crippen molar-refractivity contribution in [3.8, 4) is 0 Å². The van der Waals surface area contributed by atoms with E-state index in [1.165, 1.54) is 14.0 Å². The maximum absolute atomic E-state index is 12.7. The van der Waals surface area contributed by atoms with Crippen molar-refractivity contribution in [1.82, 2.24) is 9.78 Å². The van der Waals surface area contributed by atoms with E-state index in [0.717, 1.165) is 10.2 Å². The van der Waals surface area contributed by atoms with Crippen molar-refractivity contribution in [1.29, 1.82) is 0 Å². The van der Waals surface area contributed by atoms with Crippen molar-refractivity contribution in [2.24, 2.45) is 7.05 Å². The Morgan fingerprint density at radius 2 is 1.59 bits per heavy atom. The van der Waals surface area contributed by atoms with Crippen molar-refractivity contribution < 1.29 is 14.3 Å². The first-order chi connectivity index (χ1) is 13.6. The first-order valence-corrected chi connectivity index (χ1v) is 9.41. The van der Waals surface area contributed by atoms with Gasteiger partial charge in [0, 0.05) is 18.0 Å². The van der Waals surface area contributed by atoms with E-state index < -0.39 is 12.1 Å².